The van der Waals surface area contributed by atoms with Crippen molar-refractivity contribution in [2.24, 2.45) is 0 Å². The second kappa shape index (κ2) is 6.41. The van der Waals surface area contributed by atoms with E-state index in [1.165, 1.54) is 8.93 Å². The summed E-state index contributed by atoms with van der Waals surface area (Å²) in [7, 11) is 0.639. The maximum absolute atomic E-state index is 5.29. The van der Waals surface area contributed by atoms with E-state index < -0.39 is 8.07 Å². The van der Waals surface area contributed by atoms with Crippen LogP contribution >= 0.6 is 0 Å². The number of hydrogen-bond donors (Lipinski definition) is 0. The third kappa shape index (κ3) is 5.66. The van der Waals surface area contributed by atoms with Crippen molar-refractivity contribution >= 4 is 27.5 Å². The fraction of sp³-hybridized carbons (Fsp3) is 0.385. The van der Waals surface area contributed by atoms with Gasteiger partial charge in [0.1, 0.15) is 0 Å². The van der Waals surface area contributed by atoms with Crippen molar-refractivity contribution < 1.29 is 4.74 Å². The first kappa shape index (κ1) is 13.7. The molecule has 0 spiro atoms. The topological polar surface area (TPSA) is 9.23 Å². The van der Waals surface area contributed by atoms with Crippen LogP contribution in [-0.2, 0) is 4.74 Å². The second-order valence-electron chi connectivity index (χ2n) is 4.82. The normalized spacial score (nSPS) is 12.9. The van der Waals surface area contributed by atoms with E-state index in [2.05, 4.69) is 55.7 Å². The number of rotatable bonds is 5. The molecule has 0 unspecified atom stereocenters. The van der Waals surface area contributed by atoms with E-state index in [-0.39, 0.29) is 0 Å². The van der Waals surface area contributed by atoms with Crippen molar-refractivity contribution in [3.63, 3.8) is 0 Å². The molecule has 0 heterocycles. The van der Waals surface area contributed by atoms with E-state index in [9.17, 15) is 0 Å². The van der Waals surface area contributed by atoms with Crippen molar-refractivity contribution in [2.75, 3.05) is 13.7 Å². The fourth-order valence-electron chi connectivity index (χ4n) is 1.37. The molecule has 0 aliphatic heterocycles. The van der Waals surface area contributed by atoms with Crippen LogP contribution in [0.5, 0.6) is 0 Å². The van der Waals surface area contributed by atoms with Crippen molar-refractivity contribution in [1.82, 2.24) is 0 Å². The predicted octanol–water partition coefficient (Wildman–Crippen LogP) is 2.42. The zero-order chi connectivity index (χ0) is 12.0. The van der Waals surface area contributed by atoms with Gasteiger partial charge in [0.25, 0.3) is 0 Å². The number of methoxy groups -OCH3 is 1. The summed E-state index contributed by atoms with van der Waals surface area (Å²) >= 11 is 0.414. The molecule has 0 aliphatic carbocycles. The van der Waals surface area contributed by atoms with Crippen LogP contribution < -0.4 is 4.46 Å². The number of benzene rings is 1. The van der Waals surface area contributed by atoms with Crippen LogP contribution in [0.4, 0.5) is 0 Å². The summed E-state index contributed by atoms with van der Waals surface area (Å²) in [5, 5.41) is 0. The van der Waals surface area contributed by atoms with Gasteiger partial charge in [-0.1, -0.05) is 0 Å². The molecule has 3 heteroatoms. The van der Waals surface area contributed by atoms with Gasteiger partial charge in [0, 0.05) is 0 Å². The van der Waals surface area contributed by atoms with Gasteiger partial charge in [-0.25, -0.2) is 0 Å². The van der Waals surface area contributed by atoms with Crippen LogP contribution in [0.15, 0.2) is 40.5 Å². The molecular weight excluding hydrogens is 279 g/mol. The quantitative estimate of drug-likeness (QED) is 0.759. The third-order valence-corrected chi connectivity index (χ3v) is 5.67. The summed E-state index contributed by atoms with van der Waals surface area (Å²) in [6, 6.07) is 10.7. The molecule has 0 N–H and O–H groups in total. The van der Waals surface area contributed by atoms with E-state index in [1.807, 2.05) is 0 Å². The standard InChI is InChI=1S/C13H20OSeSi/c1-14-10-13(11-16(2,3)4)15-12-8-6-5-7-9-12/h5-9,11H,10H2,1-4H3/b13-11+. The van der Waals surface area contributed by atoms with Gasteiger partial charge in [-0.2, -0.15) is 0 Å². The summed E-state index contributed by atoms with van der Waals surface area (Å²) in [6.07, 6.45) is 0. The van der Waals surface area contributed by atoms with Crippen molar-refractivity contribution in [3.05, 3.63) is 40.5 Å². The summed E-state index contributed by atoms with van der Waals surface area (Å²) in [4.78, 5) is 0. The molecule has 0 radical (unpaired) electrons. The van der Waals surface area contributed by atoms with Crippen LogP contribution in [0.1, 0.15) is 0 Å². The minimum atomic E-state index is -1.14. The fourth-order valence-corrected chi connectivity index (χ4v) is 6.69. The zero-order valence-corrected chi connectivity index (χ0v) is 13.2. The zero-order valence-electron chi connectivity index (χ0n) is 10.5. The molecule has 1 aromatic carbocycles. The van der Waals surface area contributed by atoms with Gasteiger partial charge in [-0.05, 0) is 0 Å². The van der Waals surface area contributed by atoms with Crippen LogP contribution in [0.2, 0.25) is 19.6 Å². The van der Waals surface area contributed by atoms with Gasteiger partial charge >= 0.3 is 106 Å². The van der Waals surface area contributed by atoms with Gasteiger partial charge < -0.3 is 0 Å². The Morgan fingerprint density at radius 2 is 1.88 bits per heavy atom. The molecule has 0 aliphatic rings. The van der Waals surface area contributed by atoms with Gasteiger partial charge in [0.2, 0.25) is 0 Å². The Labute approximate surface area is 106 Å². The first-order valence-corrected chi connectivity index (χ1v) is 10.7. The summed E-state index contributed by atoms with van der Waals surface area (Å²) in [5.41, 5.74) is 2.48. The Bertz CT molecular complexity index is 341. The summed E-state index contributed by atoms with van der Waals surface area (Å²) in [6.45, 7) is 7.87. The first-order chi connectivity index (χ1) is 7.51. The van der Waals surface area contributed by atoms with Crippen LogP contribution in [-0.4, -0.2) is 36.7 Å². The van der Waals surface area contributed by atoms with E-state index in [4.69, 9.17) is 4.74 Å². The monoisotopic (exact) mass is 300 g/mol. The van der Waals surface area contributed by atoms with E-state index in [1.54, 1.807) is 7.11 Å². The summed E-state index contributed by atoms with van der Waals surface area (Å²) < 4.78 is 8.19. The first-order valence-electron chi connectivity index (χ1n) is 5.45. The molecule has 1 aromatic rings. The third-order valence-electron chi connectivity index (χ3n) is 1.87. The van der Waals surface area contributed by atoms with Gasteiger partial charge in [0.05, 0.1) is 0 Å². The van der Waals surface area contributed by atoms with Crippen LogP contribution in [0.25, 0.3) is 0 Å². The molecule has 0 fully saturated rings. The van der Waals surface area contributed by atoms with Crippen molar-refractivity contribution in [3.8, 4) is 0 Å². The van der Waals surface area contributed by atoms with Gasteiger partial charge in [-0.3, -0.25) is 0 Å². The van der Waals surface area contributed by atoms with Crippen LogP contribution in [0.3, 0.4) is 0 Å². The van der Waals surface area contributed by atoms with Crippen molar-refractivity contribution in [2.45, 2.75) is 19.6 Å². The number of ether oxygens (including phenoxy) is 1. The Morgan fingerprint density at radius 1 is 1.25 bits per heavy atom. The molecule has 0 bridgehead atoms. The average Bonchev–Trinajstić information content (AvgIpc) is 2.17. The molecule has 0 saturated heterocycles. The number of hydrogen-bond acceptors (Lipinski definition) is 1. The average molecular weight is 299 g/mol. The molecule has 0 atom stereocenters. The molecule has 1 rings (SSSR count). The SMILES string of the molecule is COC/C(=C\[Si](C)(C)C)[Se]c1ccccc1. The van der Waals surface area contributed by atoms with Crippen molar-refractivity contribution in [1.29, 1.82) is 0 Å². The predicted molar refractivity (Wildman–Crippen MR) is 75.1 cm³/mol. The minimum absolute atomic E-state index is 0.414. The Balaban J connectivity index is 2.77. The molecular formula is C13H20OSeSi. The van der Waals surface area contributed by atoms with Gasteiger partial charge in [-0.15, -0.1) is 0 Å². The van der Waals surface area contributed by atoms with Crippen LogP contribution in [0, 0.1) is 0 Å². The molecule has 88 valence electrons. The molecule has 0 saturated carbocycles. The Morgan fingerprint density at radius 3 is 2.38 bits per heavy atom. The summed E-state index contributed by atoms with van der Waals surface area (Å²) in [5.74, 6) is 0. The maximum atomic E-state index is 5.29. The molecule has 0 amide bonds. The van der Waals surface area contributed by atoms with E-state index >= 15 is 0 Å². The Kier molecular flexibility index (Phi) is 5.49. The molecule has 16 heavy (non-hydrogen) atoms. The van der Waals surface area contributed by atoms with E-state index in [0.717, 1.165) is 6.61 Å². The molecule has 1 nitrogen and oxygen atoms in total. The Hall–Kier alpha value is -0.344. The molecule has 0 aromatic heterocycles. The van der Waals surface area contributed by atoms with Gasteiger partial charge in [0.15, 0.2) is 0 Å². The second-order valence-corrected chi connectivity index (χ2v) is 12.4. The van der Waals surface area contributed by atoms with E-state index in [0.29, 0.717) is 15.0 Å².